The van der Waals surface area contributed by atoms with E-state index in [0.29, 0.717) is 22.1 Å². The van der Waals surface area contributed by atoms with Crippen molar-refractivity contribution in [1.29, 1.82) is 0 Å². The minimum absolute atomic E-state index is 0.00136. The van der Waals surface area contributed by atoms with Crippen molar-refractivity contribution < 1.29 is 4.92 Å². The molecule has 0 unspecified atom stereocenters. The lowest BCUT2D eigenvalue weighted by molar-refractivity contribution is -0.383. The van der Waals surface area contributed by atoms with Crippen molar-refractivity contribution in [2.75, 3.05) is 5.32 Å². The number of hydrogen-bond donors (Lipinski definition) is 1. The minimum Gasteiger partial charge on any atom is -0.350 e. The average molecular weight is 342 g/mol. The summed E-state index contributed by atoms with van der Waals surface area (Å²) in [6.45, 7) is 0. The van der Waals surface area contributed by atoms with Gasteiger partial charge in [0.15, 0.2) is 5.43 Å². The maximum Gasteiger partial charge on any atom is 0.292 e. The van der Waals surface area contributed by atoms with Crippen LogP contribution in [0.3, 0.4) is 0 Å². The van der Waals surface area contributed by atoms with Crippen molar-refractivity contribution in [3.8, 4) is 0 Å². The van der Waals surface area contributed by atoms with Crippen LogP contribution < -0.4 is 10.7 Å². The number of nitrogens with one attached hydrogen (secondary N) is 1. The predicted octanol–water partition coefficient (Wildman–Crippen LogP) is 5.01. The van der Waals surface area contributed by atoms with E-state index in [1.807, 2.05) is 42.5 Å². The number of fused-ring (bicyclic) bond motifs is 2. The Balaban J connectivity index is 1.86. The highest BCUT2D eigenvalue weighted by atomic mass is 16.6. The predicted molar refractivity (Wildman–Crippen MR) is 104 cm³/mol. The molecule has 0 heterocycles. The first kappa shape index (κ1) is 15.8. The van der Waals surface area contributed by atoms with Gasteiger partial charge in [0.05, 0.1) is 4.92 Å². The van der Waals surface area contributed by atoms with Crippen LogP contribution in [0.25, 0.3) is 21.5 Å². The van der Waals surface area contributed by atoms with E-state index in [1.54, 1.807) is 30.3 Å². The lowest BCUT2D eigenvalue weighted by atomic mass is 10.1. The van der Waals surface area contributed by atoms with E-state index in [2.05, 4.69) is 5.32 Å². The molecule has 5 nitrogen and oxygen atoms in total. The topological polar surface area (TPSA) is 72.2 Å². The molecule has 0 fully saturated rings. The third kappa shape index (κ3) is 2.75. The summed E-state index contributed by atoms with van der Waals surface area (Å²) >= 11 is 0. The van der Waals surface area contributed by atoms with E-state index in [1.165, 1.54) is 6.07 Å². The van der Waals surface area contributed by atoms with Crippen LogP contribution in [0.15, 0.2) is 83.7 Å². The van der Waals surface area contributed by atoms with Crippen LogP contribution in [0.1, 0.15) is 0 Å². The fraction of sp³-hybridized carbons (Fsp3) is 0. The summed E-state index contributed by atoms with van der Waals surface area (Å²) in [4.78, 5) is 23.5. The molecule has 4 rings (SSSR count). The quantitative estimate of drug-likeness (QED) is 0.420. The molecular formula is C21H14N2O3. The molecule has 4 aromatic rings. The zero-order valence-electron chi connectivity index (χ0n) is 13.7. The normalized spacial score (nSPS) is 10.8. The molecule has 26 heavy (non-hydrogen) atoms. The summed E-state index contributed by atoms with van der Waals surface area (Å²) in [6.07, 6.45) is 0. The SMILES string of the molecule is O=c1c2ccccc2ccc2cc(Nc3ccccc3[N+](=O)[O-])ccc12. The number of nitro groups is 1. The summed E-state index contributed by atoms with van der Waals surface area (Å²) in [5.74, 6) is 0. The van der Waals surface area contributed by atoms with Crippen molar-refractivity contribution in [3.63, 3.8) is 0 Å². The molecule has 0 aliphatic rings. The van der Waals surface area contributed by atoms with Crippen LogP contribution in [0, 0.1) is 10.1 Å². The number of nitro benzene ring substituents is 1. The Morgan fingerprint density at radius 2 is 1.46 bits per heavy atom. The van der Waals surface area contributed by atoms with Gasteiger partial charge in [-0.05, 0) is 35.0 Å². The van der Waals surface area contributed by atoms with E-state index in [-0.39, 0.29) is 11.1 Å². The van der Waals surface area contributed by atoms with Crippen LogP contribution >= 0.6 is 0 Å². The van der Waals surface area contributed by atoms with Gasteiger partial charge in [-0.15, -0.1) is 0 Å². The monoisotopic (exact) mass is 342 g/mol. The Hall–Kier alpha value is -3.73. The van der Waals surface area contributed by atoms with Crippen molar-refractivity contribution in [2.24, 2.45) is 0 Å². The first-order chi connectivity index (χ1) is 12.6. The molecule has 0 radical (unpaired) electrons. The minimum atomic E-state index is -0.425. The second-order valence-electron chi connectivity index (χ2n) is 5.95. The van der Waals surface area contributed by atoms with Gasteiger partial charge >= 0.3 is 0 Å². The van der Waals surface area contributed by atoms with E-state index >= 15 is 0 Å². The standard InChI is InChI=1S/C21H14N2O3/c24-21-17-6-2-1-5-14(17)9-10-15-13-16(11-12-18(15)21)22-19-7-3-4-8-20(19)23(25)26/h1-13,22H. The largest absolute Gasteiger partial charge is 0.350 e. The van der Waals surface area contributed by atoms with Crippen molar-refractivity contribution in [3.05, 3.63) is 99.2 Å². The van der Waals surface area contributed by atoms with Gasteiger partial charge in [-0.3, -0.25) is 14.9 Å². The molecule has 0 aromatic heterocycles. The molecule has 126 valence electrons. The average Bonchev–Trinajstić information content (AvgIpc) is 2.79. The molecule has 0 saturated carbocycles. The van der Waals surface area contributed by atoms with E-state index in [9.17, 15) is 14.9 Å². The van der Waals surface area contributed by atoms with Crippen molar-refractivity contribution in [2.45, 2.75) is 0 Å². The summed E-state index contributed by atoms with van der Waals surface area (Å²) in [6, 6.07) is 23.1. The molecule has 0 saturated heterocycles. The molecule has 0 spiro atoms. The molecule has 0 atom stereocenters. The number of rotatable bonds is 3. The Morgan fingerprint density at radius 1 is 0.769 bits per heavy atom. The Morgan fingerprint density at radius 3 is 2.31 bits per heavy atom. The summed E-state index contributed by atoms with van der Waals surface area (Å²) in [7, 11) is 0. The smallest absolute Gasteiger partial charge is 0.292 e. The summed E-state index contributed by atoms with van der Waals surface area (Å²) < 4.78 is 0. The zero-order valence-corrected chi connectivity index (χ0v) is 13.7. The van der Waals surface area contributed by atoms with Gasteiger partial charge in [0.1, 0.15) is 5.69 Å². The highest BCUT2D eigenvalue weighted by Gasteiger charge is 2.12. The van der Waals surface area contributed by atoms with Gasteiger partial charge in [0, 0.05) is 22.5 Å². The maximum absolute atomic E-state index is 12.8. The number of nitrogens with zero attached hydrogens (tertiary/aromatic N) is 1. The Bertz CT molecular complexity index is 1220. The van der Waals surface area contributed by atoms with Gasteiger partial charge in [-0.2, -0.15) is 0 Å². The molecule has 0 bridgehead atoms. The molecular weight excluding hydrogens is 328 g/mol. The first-order valence-electron chi connectivity index (χ1n) is 8.10. The fourth-order valence-electron chi connectivity index (χ4n) is 3.05. The van der Waals surface area contributed by atoms with Gasteiger partial charge in [-0.1, -0.05) is 48.5 Å². The highest BCUT2D eigenvalue weighted by molar-refractivity contribution is 5.94. The van der Waals surface area contributed by atoms with Gasteiger partial charge in [0.25, 0.3) is 5.69 Å². The fourth-order valence-corrected chi connectivity index (χ4v) is 3.05. The van der Waals surface area contributed by atoms with E-state index in [0.717, 1.165) is 10.8 Å². The molecule has 0 aliphatic carbocycles. The zero-order chi connectivity index (χ0) is 18.1. The second kappa shape index (κ2) is 6.29. The summed E-state index contributed by atoms with van der Waals surface area (Å²) in [5, 5.41) is 17.2. The van der Waals surface area contributed by atoms with Crippen LogP contribution in [0.5, 0.6) is 0 Å². The van der Waals surface area contributed by atoms with Gasteiger partial charge < -0.3 is 5.32 Å². The number of anilines is 2. The van der Waals surface area contributed by atoms with Gasteiger partial charge in [-0.25, -0.2) is 0 Å². The Labute approximate surface area is 148 Å². The lowest BCUT2D eigenvalue weighted by Gasteiger charge is -2.07. The molecule has 1 N–H and O–H groups in total. The molecule has 5 heteroatoms. The molecule has 4 aromatic carbocycles. The molecule has 0 amide bonds. The van der Waals surface area contributed by atoms with Crippen molar-refractivity contribution >= 4 is 38.6 Å². The number of benzene rings is 3. The van der Waals surface area contributed by atoms with Crippen LogP contribution in [0.2, 0.25) is 0 Å². The van der Waals surface area contributed by atoms with E-state index < -0.39 is 4.92 Å². The molecule has 0 aliphatic heterocycles. The maximum atomic E-state index is 12.8. The third-order valence-electron chi connectivity index (χ3n) is 4.32. The first-order valence-corrected chi connectivity index (χ1v) is 8.10. The van der Waals surface area contributed by atoms with Crippen molar-refractivity contribution in [1.82, 2.24) is 0 Å². The van der Waals surface area contributed by atoms with Crippen LogP contribution in [-0.4, -0.2) is 4.92 Å². The van der Waals surface area contributed by atoms with Gasteiger partial charge in [0.2, 0.25) is 0 Å². The Kier molecular flexibility index (Phi) is 3.82. The third-order valence-corrected chi connectivity index (χ3v) is 4.32. The lowest BCUT2D eigenvalue weighted by Crippen LogP contribution is -1.99. The number of para-hydroxylation sites is 2. The second-order valence-corrected chi connectivity index (χ2v) is 5.95. The van der Waals surface area contributed by atoms with E-state index in [4.69, 9.17) is 0 Å². The summed E-state index contributed by atoms with van der Waals surface area (Å²) in [5.41, 5.74) is 1.06. The van der Waals surface area contributed by atoms with Crippen LogP contribution in [-0.2, 0) is 0 Å². The highest BCUT2D eigenvalue weighted by Crippen LogP contribution is 2.28. The number of hydrogen-bond acceptors (Lipinski definition) is 4. The van der Waals surface area contributed by atoms with Crippen LogP contribution in [0.4, 0.5) is 17.1 Å².